The Morgan fingerprint density at radius 2 is 1.95 bits per heavy atom. The summed E-state index contributed by atoms with van der Waals surface area (Å²) in [5.74, 6) is -0.317. The van der Waals surface area contributed by atoms with E-state index in [1.165, 1.54) is 31.4 Å². The summed E-state index contributed by atoms with van der Waals surface area (Å²) in [6.45, 7) is 0. The molecule has 0 aliphatic rings. The molecule has 4 nitrogen and oxygen atoms in total. The molecule has 0 aliphatic heterocycles. The Morgan fingerprint density at radius 3 is 2.60 bits per heavy atom. The van der Waals surface area contributed by atoms with Crippen molar-refractivity contribution in [1.29, 1.82) is 0 Å². The average Bonchev–Trinajstić information content (AvgIpc) is 2.41. The van der Waals surface area contributed by atoms with E-state index in [-0.39, 0.29) is 10.6 Å². The number of anilines is 1. The number of rotatable bonds is 4. The van der Waals surface area contributed by atoms with Gasteiger partial charge in [0.2, 0.25) is 0 Å². The van der Waals surface area contributed by atoms with E-state index < -0.39 is 15.8 Å². The molecule has 0 bridgehead atoms. The molecule has 0 aliphatic carbocycles. The molecule has 20 heavy (non-hydrogen) atoms. The second-order valence-corrected chi connectivity index (χ2v) is 6.51. The molecule has 0 aromatic heterocycles. The first-order chi connectivity index (χ1) is 9.42. The molecular formula is C13H11BrFNO3S. The average molecular weight is 360 g/mol. The summed E-state index contributed by atoms with van der Waals surface area (Å²) in [6.07, 6.45) is 0. The van der Waals surface area contributed by atoms with Gasteiger partial charge in [-0.25, -0.2) is 12.8 Å². The normalized spacial score (nSPS) is 11.2. The van der Waals surface area contributed by atoms with E-state index in [4.69, 9.17) is 4.74 Å². The molecule has 1 N–H and O–H groups in total. The number of nitrogens with one attached hydrogen (secondary N) is 1. The van der Waals surface area contributed by atoms with Crippen molar-refractivity contribution >= 4 is 31.6 Å². The highest BCUT2D eigenvalue weighted by Gasteiger charge is 2.17. The minimum absolute atomic E-state index is 0.0362. The standard InChI is InChI=1S/C13H11BrFNO3S/c1-19-10-5-6-12(15)13(8-10)16-20(17,18)11-4-2-3-9(14)7-11/h2-8,16H,1H3. The Morgan fingerprint density at radius 1 is 1.20 bits per heavy atom. The first-order valence-electron chi connectivity index (χ1n) is 5.54. The van der Waals surface area contributed by atoms with Gasteiger partial charge in [-0.05, 0) is 30.3 Å². The number of methoxy groups -OCH3 is 1. The quantitative estimate of drug-likeness (QED) is 0.909. The van der Waals surface area contributed by atoms with Crippen molar-refractivity contribution < 1.29 is 17.5 Å². The van der Waals surface area contributed by atoms with Crippen LogP contribution in [0.3, 0.4) is 0 Å². The molecule has 0 fully saturated rings. The summed E-state index contributed by atoms with van der Waals surface area (Å²) in [7, 11) is -2.44. The van der Waals surface area contributed by atoms with Crippen LogP contribution in [0.4, 0.5) is 10.1 Å². The number of benzene rings is 2. The molecule has 2 rings (SSSR count). The van der Waals surface area contributed by atoms with Crippen LogP contribution in [-0.4, -0.2) is 15.5 Å². The molecule has 7 heteroatoms. The van der Waals surface area contributed by atoms with E-state index in [1.54, 1.807) is 12.1 Å². The first kappa shape index (κ1) is 14.8. The molecular weight excluding hydrogens is 349 g/mol. The van der Waals surface area contributed by atoms with Gasteiger partial charge in [0.1, 0.15) is 11.6 Å². The largest absolute Gasteiger partial charge is 0.497 e. The van der Waals surface area contributed by atoms with Gasteiger partial charge in [0.25, 0.3) is 10.0 Å². The minimum atomic E-state index is -3.86. The van der Waals surface area contributed by atoms with Crippen molar-refractivity contribution in [1.82, 2.24) is 0 Å². The zero-order valence-corrected chi connectivity index (χ0v) is 12.8. The monoisotopic (exact) mass is 359 g/mol. The maximum absolute atomic E-state index is 13.6. The van der Waals surface area contributed by atoms with Gasteiger partial charge in [0.15, 0.2) is 0 Å². The molecule has 0 unspecified atom stereocenters. The molecule has 0 saturated heterocycles. The predicted molar refractivity (Wildman–Crippen MR) is 77.9 cm³/mol. The lowest BCUT2D eigenvalue weighted by Gasteiger charge is -2.10. The molecule has 2 aromatic rings. The van der Waals surface area contributed by atoms with Crippen LogP contribution in [0, 0.1) is 5.82 Å². The second kappa shape index (κ2) is 5.80. The fourth-order valence-corrected chi connectivity index (χ4v) is 3.20. The van der Waals surface area contributed by atoms with E-state index >= 15 is 0 Å². The van der Waals surface area contributed by atoms with Crippen molar-refractivity contribution in [3.63, 3.8) is 0 Å². The Labute approximate surface area is 124 Å². The number of sulfonamides is 1. The zero-order chi connectivity index (χ0) is 14.8. The molecule has 0 spiro atoms. The van der Waals surface area contributed by atoms with E-state index in [1.807, 2.05) is 0 Å². The third-order valence-corrected chi connectivity index (χ3v) is 4.38. The molecule has 0 radical (unpaired) electrons. The van der Waals surface area contributed by atoms with Gasteiger partial charge in [0, 0.05) is 10.5 Å². The lowest BCUT2D eigenvalue weighted by molar-refractivity contribution is 0.414. The topological polar surface area (TPSA) is 55.4 Å². The van der Waals surface area contributed by atoms with Crippen molar-refractivity contribution in [2.24, 2.45) is 0 Å². The highest BCUT2D eigenvalue weighted by molar-refractivity contribution is 9.10. The molecule has 2 aromatic carbocycles. The third kappa shape index (κ3) is 3.29. The Bertz CT molecular complexity index is 734. The van der Waals surface area contributed by atoms with Crippen LogP contribution >= 0.6 is 15.9 Å². The summed E-state index contributed by atoms with van der Waals surface area (Å²) in [5.41, 5.74) is -0.163. The molecule has 0 heterocycles. The number of hydrogen-bond acceptors (Lipinski definition) is 3. The molecule has 106 valence electrons. The van der Waals surface area contributed by atoms with Gasteiger partial charge in [0.05, 0.1) is 17.7 Å². The smallest absolute Gasteiger partial charge is 0.262 e. The van der Waals surface area contributed by atoms with Crippen LogP contribution < -0.4 is 9.46 Å². The highest BCUT2D eigenvalue weighted by atomic mass is 79.9. The number of ether oxygens (including phenoxy) is 1. The molecule has 0 saturated carbocycles. The predicted octanol–water partition coefficient (Wildman–Crippen LogP) is 3.40. The summed E-state index contributed by atoms with van der Waals surface area (Å²) >= 11 is 3.19. The van der Waals surface area contributed by atoms with Crippen LogP contribution in [0.1, 0.15) is 0 Å². The van der Waals surface area contributed by atoms with Gasteiger partial charge in [-0.1, -0.05) is 22.0 Å². The van der Waals surface area contributed by atoms with Crippen molar-refractivity contribution in [3.05, 3.63) is 52.8 Å². The lowest BCUT2D eigenvalue weighted by Crippen LogP contribution is -2.14. The summed E-state index contributed by atoms with van der Waals surface area (Å²) in [4.78, 5) is 0.0362. The maximum Gasteiger partial charge on any atom is 0.262 e. The van der Waals surface area contributed by atoms with E-state index in [0.717, 1.165) is 6.07 Å². The summed E-state index contributed by atoms with van der Waals surface area (Å²) < 4.78 is 45.7. The van der Waals surface area contributed by atoms with Gasteiger partial charge in [-0.2, -0.15) is 0 Å². The fourth-order valence-electron chi connectivity index (χ4n) is 1.55. The van der Waals surface area contributed by atoms with Crippen molar-refractivity contribution in [2.45, 2.75) is 4.90 Å². The Balaban J connectivity index is 2.38. The lowest BCUT2D eigenvalue weighted by atomic mass is 10.3. The van der Waals surface area contributed by atoms with Crippen molar-refractivity contribution in [2.75, 3.05) is 11.8 Å². The summed E-state index contributed by atoms with van der Waals surface area (Å²) in [6, 6.07) is 9.96. The number of halogens is 2. The van der Waals surface area contributed by atoms with Crippen LogP contribution in [0.2, 0.25) is 0 Å². The van der Waals surface area contributed by atoms with Crippen LogP contribution in [0.25, 0.3) is 0 Å². The minimum Gasteiger partial charge on any atom is -0.497 e. The van der Waals surface area contributed by atoms with E-state index in [2.05, 4.69) is 20.7 Å². The van der Waals surface area contributed by atoms with E-state index in [0.29, 0.717) is 10.2 Å². The van der Waals surface area contributed by atoms with E-state index in [9.17, 15) is 12.8 Å². The zero-order valence-electron chi connectivity index (χ0n) is 10.4. The molecule has 0 atom stereocenters. The van der Waals surface area contributed by atoms with Gasteiger partial charge in [-0.3, -0.25) is 4.72 Å². The molecule has 0 amide bonds. The SMILES string of the molecule is COc1ccc(F)c(NS(=O)(=O)c2cccc(Br)c2)c1. The van der Waals surface area contributed by atoms with Gasteiger partial charge in [-0.15, -0.1) is 0 Å². The summed E-state index contributed by atoms with van der Waals surface area (Å²) in [5, 5.41) is 0. The van der Waals surface area contributed by atoms with Crippen molar-refractivity contribution in [3.8, 4) is 5.75 Å². The Kier molecular flexibility index (Phi) is 4.29. The van der Waals surface area contributed by atoms with Gasteiger partial charge >= 0.3 is 0 Å². The van der Waals surface area contributed by atoms with Crippen LogP contribution in [-0.2, 0) is 10.0 Å². The second-order valence-electron chi connectivity index (χ2n) is 3.91. The Hall–Kier alpha value is -1.60. The first-order valence-corrected chi connectivity index (χ1v) is 7.82. The fraction of sp³-hybridized carbons (Fsp3) is 0.0769. The third-order valence-electron chi connectivity index (χ3n) is 2.52. The van der Waals surface area contributed by atoms with Crippen LogP contribution in [0.15, 0.2) is 51.8 Å². The van der Waals surface area contributed by atoms with Crippen LogP contribution in [0.5, 0.6) is 5.75 Å². The highest BCUT2D eigenvalue weighted by Crippen LogP contribution is 2.25. The number of hydrogen-bond donors (Lipinski definition) is 1. The maximum atomic E-state index is 13.6. The van der Waals surface area contributed by atoms with Gasteiger partial charge < -0.3 is 4.74 Å².